The Labute approximate surface area is 196 Å². The van der Waals surface area contributed by atoms with E-state index in [4.69, 9.17) is 4.74 Å². The van der Waals surface area contributed by atoms with Crippen molar-refractivity contribution in [2.45, 2.75) is 38.8 Å². The Morgan fingerprint density at radius 2 is 1.39 bits per heavy atom. The summed E-state index contributed by atoms with van der Waals surface area (Å²) in [5, 5.41) is 2.99. The summed E-state index contributed by atoms with van der Waals surface area (Å²) in [5.41, 5.74) is 3.22. The molecule has 172 valence electrons. The van der Waals surface area contributed by atoms with Crippen molar-refractivity contribution in [3.63, 3.8) is 0 Å². The van der Waals surface area contributed by atoms with Crippen LogP contribution in [0.4, 0.5) is 0 Å². The van der Waals surface area contributed by atoms with Crippen LogP contribution in [0.2, 0.25) is 0 Å². The van der Waals surface area contributed by atoms with Gasteiger partial charge in [-0.3, -0.25) is 9.59 Å². The van der Waals surface area contributed by atoms with Gasteiger partial charge in [0, 0.05) is 19.5 Å². The zero-order valence-electron chi connectivity index (χ0n) is 19.4. The molecule has 3 rings (SSSR count). The number of nitrogens with zero attached hydrogens (tertiary/aromatic N) is 1. The molecule has 0 heterocycles. The van der Waals surface area contributed by atoms with E-state index in [2.05, 4.69) is 5.32 Å². The Kier molecular flexibility index (Phi) is 9.07. The third-order valence-electron chi connectivity index (χ3n) is 5.71. The van der Waals surface area contributed by atoms with Crippen molar-refractivity contribution in [3.05, 3.63) is 102 Å². The highest BCUT2D eigenvalue weighted by Gasteiger charge is 2.25. The Bertz CT molecular complexity index is 1000. The van der Waals surface area contributed by atoms with Crippen LogP contribution in [-0.4, -0.2) is 36.4 Å². The summed E-state index contributed by atoms with van der Waals surface area (Å²) in [6, 6.07) is 27.0. The summed E-state index contributed by atoms with van der Waals surface area (Å²) in [6.45, 7) is 2.69. The second-order valence-electron chi connectivity index (χ2n) is 8.06. The first-order valence-corrected chi connectivity index (χ1v) is 11.3. The van der Waals surface area contributed by atoms with Crippen molar-refractivity contribution in [2.75, 3.05) is 13.7 Å². The quantitative estimate of drug-likeness (QED) is 0.477. The summed E-state index contributed by atoms with van der Waals surface area (Å²) in [6.07, 6.45) is 1.74. The highest BCUT2D eigenvalue weighted by Crippen LogP contribution is 2.16. The molecule has 1 atom stereocenters. The standard InChI is InChI=1S/C28H32N2O3/c1-22(28(32)29-20-19-24-11-7-4-8-12-24)30(21-25-13-16-26(33-2)17-14-25)27(31)18-15-23-9-5-3-6-10-23/h3-14,16-17,22H,15,18-21H2,1-2H3,(H,29,32)/t22-/m1/s1. The number of benzene rings is 3. The first-order chi connectivity index (χ1) is 16.1. The zero-order valence-corrected chi connectivity index (χ0v) is 19.4. The SMILES string of the molecule is COc1ccc(CN(C(=O)CCc2ccccc2)[C@H](C)C(=O)NCCc2ccccc2)cc1. The van der Waals surface area contributed by atoms with Gasteiger partial charge in [-0.1, -0.05) is 72.8 Å². The van der Waals surface area contributed by atoms with E-state index in [1.165, 1.54) is 5.56 Å². The molecular weight excluding hydrogens is 412 g/mol. The smallest absolute Gasteiger partial charge is 0.242 e. The van der Waals surface area contributed by atoms with Crippen LogP contribution in [0.25, 0.3) is 0 Å². The molecule has 0 aromatic heterocycles. The number of amides is 2. The van der Waals surface area contributed by atoms with Crippen LogP contribution in [0.15, 0.2) is 84.9 Å². The predicted octanol–water partition coefficient (Wildman–Crippen LogP) is 4.40. The zero-order chi connectivity index (χ0) is 23.5. The van der Waals surface area contributed by atoms with Gasteiger partial charge in [-0.2, -0.15) is 0 Å². The molecule has 0 aliphatic heterocycles. The summed E-state index contributed by atoms with van der Waals surface area (Å²) in [5.74, 6) is 0.570. The van der Waals surface area contributed by atoms with Crippen LogP contribution in [0.5, 0.6) is 5.75 Å². The molecule has 0 bridgehead atoms. The maximum Gasteiger partial charge on any atom is 0.242 e. The minimum atomic E-state index is -0.578. The van der Waals surface area contributed by atoms with Crippen molar-refractivity contribution in [3.8, 4) is 5.75 Å². The normalized spacial score (nSPS) is 11.5. The van der Waals surface area contributed by atoms with E-state index in [1.54, 1.807) is 18.9 Å². The van der Waals surface area contributed by atoms with Crippen LogP contribution < -0.4 is 10.1 Å². The molecule has 0 aliphatic carbocycles. The average Bonchev–Trinajstić information content (AvgIpc) is 2.87. The molecule has 5 heteroatoms. The lowest BCUT2D eigenvalue weighted by Crippen LogP contribution is -2.48. The first kappa shape index (κ1) is 24.1. The summed E-state index contributed by atoms with van der Waals surface area (Å²) >= 11 is 0. The van der Waals surface area contributed by atoms with E-state index < -0.39 is 6.04 Å². The highest BCUT2D eigenvalue weighted by molar-refractivity contribution is 5.87. The molecule has 33 heavy (non-hydrogen) atoms. The van der Waals surface area contributed by atoms with E-state index in [-0.39, 0.29) is 11.8 Å². The van der Waals surface area contributed by atoms with Crippen LogP contribution in [0, 0.1) is 0 Å². The fourth-order valence-corrected chi connectivity index (χ4v) is 3.67. The van der Waals surface area contributed by atoms with Crippen molar-refractivity contribution < 1.29 is 14.3 Å². The lowest BCUT2D eigenvalue weighted by molar-refractivity contribution is -0.140. The van der Waals surface area contributed by atoms with E-state index in [9.17, 15) is 9.59 Å². The van der Waals surface area contributed by atoms with Gasteiger partial charge in [-0.25, -0.2) is 0 Å². The molecule has 0 saturated carbocycles. The van der Waals surface area contributed by atoms with Crippen molar-refractivity contribution in [2.24, 2.45) is 0 Å². The molecule has 2 amide bonds. The molecule has 0 aliphatic rings. The van der Waals surface area contributed by atoms with E-state index in [1.807, 2.05) is 84.9 Å². The largest absolute Gasteiger partial charge is 0.497 e. The van der Waals surface area contributed by atoms with E-state index >= 15 is 0 Å². The summed E-state index contributed by atoms with van der Waals surface area (Å²) in [7, 11) is 1.62. The van der Waals surface area contributed by atoms with Crippen LogP contribution in [-0.2, 0) is 29.0 Å². The van der Waals surface area contributed by atoms with Gasteiger partial charge in [-0.05, 0) is 48.6 Å². The first-order valence-electron chi connectivity index (χ1n) is 11.3. The second-order valence-corrected chi connectivity index (χ2v) is 8.06. The molecule has 3 aromatic carbocycles. The number of nitrogens with one attached hydrogen (secondary N) is 1. The van der Waals surface area contributed by atoms with Crippen molar-refractivity contribution >= 4 is 11.8 Å². The van der Waals surface area contributed by atoms with Gasteiger partial charge in [0.05, 0.1) is 7.11 Å². The van der Waals surface area contributed by atoms with E-state index in [0.29, 0.717) is 25.9 Å². The highest BCUT2D eigenvalue weighted by atomic mass is 16.5. The predicted molar refractivity (Wildman–Crippen MR) is 131 cm³/mol. The Morgan fingerprint density at radius 3 is 1.97 bits per heavy atom. The molecule has 3 aromatic rings. The maximum atomic E-state index is 13.2. The lowest BCUT2D eigenvalue weighted by atomic mass is 10.1. The third kappa shape index (κ3) is 7.49. The molecule has 1 N–H and O–H groups in total. The number of methoxy groups -OCH3 is 1. The van der Waals surface area contributed by atoms with Crippen LogP contribution in [0.1, 0.15) is 30.0 Å². The molecular formula is C28H32N2O3. The number of ether oxygens (including phenoxy) is 1. The third-order valence-corrected chi connectivity index (χ3v) is 5.71. The monoisotopic (exact) mass is 444 g/mol. The van der Waals surface area contributed by atoms with Gasteiger partial charge in [0.25, 0.3) is 0 Å². The van der Waals surface area contributed by atoms with Gasteiger partial charge in [-0.15, -0.1) is 0 Å². The fraction of sp³-hybridized carbons (Fsp3) is 0.286. The lowest BCUT2D eigenvalue weighted by Gasteiger charge is -2.29. The molecule has 0 radical (unpaired) electrons. The van der Waals surface area contributed by atoms with Crippen molar-refractivity contribution in [1.29, 1.82) is 0 Å². The molecule has 0 unspecified atom stereocenters. The summed E-state index contributed by atoms with van der Waals surface area (Å²) in [4.78, 5) is 27.8. The summed E-state index contributed by atoms with van der Waals surface area (Å²) < 4.78 is 5.23. The number of hydrogen-bond acceptors (Lipinski definition) is 3. The Hall–Kier alpha value is -3.60. The number of hydrogen-bond donors (Lipinski definition) is 1. The Morgan fingerprint density at radius 1 is 0.818 bits per heavy atom. The maximum absolute atomic E-state index is 13.2. The minimum Gasteiger partial charge on any atom is -0.497 e. The second kappa shape index (κ2) is 12.4. The Balaban J connectivity index is 1.65. The van der Waals surface area contributed by atoms with Gasteiger partial charge in [0.1, 0.15) is 11.8 Å². The van der Waals surface area contributed by atoms with Gasteiger partial charge >= 0.3 is 0 Å². The van der Waals surface area contributed by atoms with Crippen molar-refractivity contribution in [1.82, 2.24) is 10.2 Å². The van der Waals surface area contributed by atoms with E-state index in [0.717, 1.165) is 23.3 Å². The average molecular weight is 445 g/mol. The molecule has 5 nitrogen and oxygen atoms in total. The van der Waals surface area contributed by atoms with Gasteiger partial charge in [0.2, 0.25) is 11.8 Å². The van der Waals surface area contributed by atoms with Crippen LogP contribution in [0.3, 0.4) is 0 Å². The molecule has 0 fully saturated rings. The topological polar surface area (TPSA) is 58.6 Å². The fourth-order valence-electron chi connectivity index (χ4n) is 3.67. The number of aryl methyl sites for hydroxylation is 1. The number of rotatable bonds is 11. The van der Waals surface area contributed by atoms with Gasteiger partial charge < -0.3 is 15.0 Å². The molecule has 0 spiro atoms. The van der Waals surface area contributed by atoms with Crippen LogP contribution >= 0.6 is 0 Å². The minimum absolute atomic E-state index is 0.0413. The number of carbonyl (C=O) groups excluding carboxylic acids is 2. The van der Waals surface area contributed by atoms with Gasteiger partial charge in [0.15, 0.2) is 0 Å². The number of carbonyl (C=O) groups is 2. The molecule has 0 saturated heterocycles.